The summed E-state index contributed by atoms with van der Waals surface area (Å²) < 4.78 is 0. The van der Waals surface area contributed by atoms with Crippen molar-refractivity contribution in [3.63, 3.8) is 0 Å². The second-order valence-electron chi connectivity index (χ2n) is 8.58. The summed E-state index contributed by atoms with van der Waals surface area (Å²) in [5.74, 6) is 1.91. The minimum Gasteiger partial charge on any atom is -0.0654 e. The topological polar surface area (TPSA) is 0 Å². The summed E-state index contributed by atoms with van der Waals surface area (Å²) in [7, 11) is 0. The Hall–Kier alpha value is 0. The summed E-state index contributed by atoms with van der Waals surface area (Å²) in [5.41, 5.74) is 0. The van der Waals surface area contributed by atoms with Crippen LogP contribution in [0.2, 0.25) is 0 Å². The van der Waals surface area contributed by atoms with Gasteiger partial charge in [-0.3, -0.25) is 0 Å². The van der Waals surface area contributed by atoms with Gasteiger partial charge in [-0.15, -0.1) is 0 Å². The first kappa shape index (κ1) is 24.0. The fraction of sp³-hybridized carbons (Fsp3) is 1.00. The highest BCUT2D eigenvalue weighted by Gasteiger charge is 2.03. The van der Waals surface area contributed by atoms with Crippen LogP contribution in [-0.4, -0.2) is 0 Å². The Morgan fingerprint density at radius 2 is 0.750 bits per heavy atom. The van der Waals surface area contributed by atoms with Gasteiger partial charge in [0.05, 0.1) is 0 Å². The summed E-state index contributed by atoms with van der Waals surface area (Å²) in [4.78, 5) is 0. The highest BCUT2D eigenvalue weighted by molar-refractivity contribution is 4.57. The van der Waals surface area contributed by atoms with E-state index in [0.717, 1.165) is 11.8 Å². The van der Waals surface area contributed by atoms with Crippen LogP contribution in [-0.2, 0) is 0 Å². The highest BCUT2D eigenvalue weighted by Crippen LogP contribution is 2.19. The number of unbranched alkanes of at least 4 members (excludes halogenated alkanes) is 12. The van der Waals surface area contributed by atoms with Gasteiger partial charge in [0, 0.05) is 0 Å². The molecule has 0 fully saturated rings. The number of rotatable bonds is 19. The van der Waals surface area contributed by atoms with Crippen molar-refractivity contribution in [2.45, 2.75) is 143 Å². The maximum atomic E-state index is 2.48. The van der Waals surface area contributed by atoms with Crippen molar-refractivity contribution >= 4 is 0 Å². The fourth-order valence-electron chi connectivity index (χ4n) is 3.67. The first-order valence-electron chi connectivity index (χ1n) is 11.7. The smallest absolute Gasteiger partial charge is 0.0443 e. The van der Waals surface area contributed by atoms with Gasteiger partial charge >= 0.3 is 0 Å². The fourth-order valence-corrected chi connectivity index (χ4v) is 3.67. The van der Waals surface area contributed by atoms with Gasteiger partial charge in [0.25, 0.3) is 0 Å². The molecule has 0 N–H and O–H groups in total. The van der Waals surface area contributed by atoms with E-state index in [2.05, 4.69) is 27.7 Å². The molecule has 2 unspecified atom stereocenters. The molecule has 0 aliphatic carbocycles. The van der Waals surface area contributed by atoms with Crippen LogP contribution < -0.4 is 0 Å². The first-order valence-corrected chi connectivity index (χ1v) is 11.7. The van der Waals surface area contributed by atoms with Gasteiger partial charge < -0.3 is 0 Å². The van der Waals surface area contributed by atoms with E-state index < -0.39 is 0 Å². The third-order valence-corrected chi connectivity index (χ3v) is 5.89. The third-order valence-electron chi connectivity index (χ3n) is 5.89. The Labute approximate surface area is 155 Å². The van der Waals surface area contributed by atoms with Gasteiger partial charge in [-0.2, -0.15) is 0 Å². The minimum atomic E-state index is 0.943. The largest absolute Gasteiger partial charge is 0.0654 e. The van der Waals surface area contributed by atoms with E-state index in [0.29, 0.717) is 0 Å². The van der Waals surface area contributed by atoms with Crippen molar-refractivity contribution in [3.8, 4) is 0 Å². The molecular formula is C24H50. The second kappa shape index (κ2) is 19.3. The van der Waals surface area contributed by atoms with Crippen LogP contribution >= 0.6 is 0 Å². The van der Waals surface area contributed by atoms with Crippen LogP contribution in [0.15, 0.2) is 0 Å². The van der Waals surface area contributed by atoms with E-state index in [-0.39, 0.29) is 0 Å². The molecule has 0 heterocycles. The maximum Gasteiger partial charge on any atom is -0.0443 e. The molecule has 0 rings (SSSR count). The molecule has 0 spiro atoms. The molecule has 0 amide bonds. The molecule has 0 aromatic carbocycles. The Morgan fingerprint density at radius 1 is 0.417 bits per heavy atom. The molecule has 0 radical (unpaired) electrons. The van der Waals surface area contributed by atoms with E-state index in [1.165, 1.54) is 116 Å². The standard InChI is InChI=1S/C24H50/c1-5-7-8-9-10-11-12-13-14-15-17-21-24(4)22-19-16-18-20-23(3)6-2/h23-24H,5-22H2,1-4H3. The quantitative estimate of drug-likeness (QED) is 0.206. The predicted molar refractivity (Wildman–Crippen MR) is 113 cm³/mol. The predicted octanol–water partition coefficient (Wildman–Crippen LogP) is 9.32. The number of hydrogen-bond donors (Lipinski definition) is 0. The molecule has 0 bridgehead atoms. The lowest BCUT2D eigenvalue weighted by Crippen LogP contribution is -1.96. The molecule has 0 nitrogen and oxygen atoms in total. The Balaban J connectivity index is 3.16. The van der Waals surface area contributed by atoms with E-state index >= 15 is 0 Å². The average Bonchev–Trinajstić information content (AvgIpc) is 2.59. The first-order chi connectivity index (χ1) is 11.7. The SMILES string of the molecule is CCCCCCCCCCCCCC(C)CCCCCC(C)CC. The van der Waals surface area contributed by atoms with Crippen LogP contribution in [0.25, 0.3) is 0 Å². The van der Waals surface area contributed by atoms with Gasteiger partial charge in [0.2, 0.25) is 0 Å². The molecule has 2 atom stereocenters. The van der Waals surface area contributed by atoms with Crippen molar-refractivity contribution in [2.75, 3.05) is 0 Å². The van der Waals surface area contributed by atoms with Gasteiger partial charge in [-0.05, 0) is 11.8 Å². The minimum absolute atomic E-state index is 0.943. The zero-order chi connectivity index (χ0) is 17.9. The number of hydrogen-bond acceptors (Lipinski definition) is 0. The Kier molecular flexibility index (Phi) is 19.3. The van der Waals surface area contributed by atoms with Crippen LogP contribution in [0, 0.1) is 11.8 Å². The monoisotopic (exact) mass is 338 g/mol. The lowest BCUT2D eigenvalue weighted by atomic mass is 9.94. The van der Waals surface area contributed by atoms with E-state index in [1.807, 2.05) is 0 Å². The molecule has 0 heteroatoms. The molecule has 0 aliphatic rings. The van der Waals surface area contributed by atoms with Crippen molar-refractivity contribution in [2.24, 2.45) is 11.8 Å². The lowest BCUT2D eigenvalue weighted by molar-refractivity contribution is 0.418. The Morgan fingerprint density at radius 3 is 1.17 bits per heavy atom. The van der Waals surface area contributed by atoms with E-state index in [4.69, 9.17) is 0 Å². The molecule has 0 saturated carbocycles. The summed E-state index contributed by atoms with van der Waals surface area (Å²) >= 11 is 0. The maximum absolute atomic E-state index is 2.48. The van der Waals surface area contributed by atoms with Crippen LogP contribution in [0.4, 0.5) is 0 Å². The molecular weight excluding hydrogens is 288 g/mol. The molecule has 146 valence electrons. The van der Waals surface area contributed by atoms with Crippen LogP contribution in [0.5, 0.6) is 0 Å². The Bertz CT molecular complexity index is 220. The van der Waals surface area contributed by atoms with Gasteiger partial charge in [0.15, 0.2) is 0 Å². The second-order valence-corrected chi connectivity index (χ2v) is 8.58. The van der Waals surface area contributed by atoms with Crippen LogP contribution in [0.1, 0.15) is 143 Å². The zero-order valence-corrected chi connectivity index (χ0v) is 17.9. The van der Waals surface area contributed by atoms with Gasteiger partial charge in [-0.25, -0.2) is 0 Å². The van der Waals surface area contributed by atoms with Crippen LogP contribution in [0.3, 0.4) is 0 Å². The van der Waals surface area contributed by atoms with Gasteiger partial charge in [0.1, 0.15) is 0 Å². The average molecular weight is 339 g/mol. The molecule has 0 aromatic heterocycles. The summed E-state index contributed by atoms with van der Waals surface area (Å²) in [6.45, 7) is 9.50. The van der Waals surface area contributed by atoms with E-state index in [9.17, 15) is 0 Å². The molecule has 24 heavy (non-hydrogen) atoms. The zero-order valence-electron chi connectivity index (χ0n) is 17.9. The van der Waals surface area contributed by atoms with Crippen molar-refractivity contribution in [1.82, 2.24) is 0 Å². The third kappa shape index (κ3) is 18.3. The van der Waals surface area contributed by atoms with Gasteiger partial charge in [-0.1, -0.05) is 143 Å². The molecule has 0 aromatic rings. The lowest BCUT2D eigenvalue weighted by Gasteiger charge is -2.12. The van der Waals surface area contributed by atoms with E-state index in [1.54, 1.807) is 0 Å². The highest BCUT2D eigenvalue weighted by atomic mass is 14.1. The van der Waals surface area contributed by atoms with Crippen molar-refractivity contribution in [1.29, 1.82) is 0 Å². The molecule has 0 aliphatic heterocycles. The summed E-state index contributed by atoms with van der Waals surface area (Å²) in [5, 5.41) is 0. The summed E-state index contributed by atoms with van der Waals surface area (Å²) in [6, 6.07) is 0. The normalized spacial score (nSPS) is 14.0. The summed E-state index contributed by atoms with van der Waals surface area (Å²) in [6.07, 6.45) is 26.3. The molecule has 0 saturated heterocycles. The van der Waals surface area contributed by atoms with Crippen molar-refractivity contribution < 1.29 is 0 Å². The van der Waals surface area contributed by atoms with Crippen molar-refractivity contribution in [3.05, 3.63) is 0 Å².